The maximum absolute atomic E-state index is 10.7. The van der Waals surface area contributed by atoms with Crippen LogP contribution in [0.3, 0.4) is 0 Å². The molecule has 0 aliphatic carbocycles. The van der Waals surface area contributed by atoms with Crippen molar-refractivity contribution in [1.29, 1.82) is 0 Å². The first-order valence-corrected chi connectivity index (χ1v) is 4.19. The Morgan fingerprint density at radius 1 is 1.53 bits per heavy atom. The van der Waals surface area contributed by atoms with Crippen molar-refractivity contribution in [3.63, 3.8) is 0 Å². The van der Waals surface area contributed by atoms with Crippen molar-refractivity contribution in [2.24, 2.45) is 5.73 Å². The lowest BCUT2D eigenvalue weighted by molar-refractivity contribution is -0.177. The third-order valence-corrected chi connectivity index (χ3v) is 2.33. The molecule has 1 fully saturated rings. The molecule has 1 aliphatic heterocycles. The second-order valence-corrected chi connectivity index (χ2v) is 3.37. The molecule has 0 amide bonds. The zero-order valence-corrected chi connectivity index (χ0v) is 7.65. The maximum atomic E-state index is 10.7. The van der Waals surface area contributed by atoms with Crippen LogP contribution in [0.4, 0.5) is 0 Å². The summed E-state index contributed by atoms with van der Waals surface area (Å²) in [5.41, 5.74) is 2.72. The Balaban J connectivity index is 2.89. The van der Waals surface area contributed by atoms with Gasteiger partial charge in [-0.1, -0.05) is 0 Å². The molecule has 0 spiro atoms. The third kappa shape index (κ3) is 1.83. The molecule has 0 aromatic heterocycles. The topological polar surface area (TPSA) is 153 Å². The van der Waals surface area contributed by atoms with Crippen LogP contribution in [-0.2, 0) is 9.53 Å². The van der Waals surface area contributed by atoms with Crippen molar-refractivity contribution in [2.75, 3.05) is 6.61 Å². The van der Waals surface area contributed by atoms with E-state index >= 15 is 0 Å². The Morgan fingerprint density at radius 3 is 2.40 bits per heavy atom. The lowest BCUT2D eigenvalue weighted by Crippen LogP contribution is -2.57. The summed E-state index contributed by atoms with van der Waals surface area (Å²) in [5.74, 6) is -1.67. The SMILES string of the molecule is N[C@@]1(C(=O)O)O[C@H]([C@@H](O)CO)[C@@H](O)[C@@H]1O. The van der Waals surface area contributed by atoms with Crippen LogP contribution in [0, 0.1) is 0 Å². The average Bonchev–Trinajstić information content (AvgIpc) is 2.43. The van der Waals surface area contributed by atoms with Crippen molar-refractivity contribution < 1.29 is 35.1 Å². The number of carboxylic acid groups (broad SMARTS) is 1. The molecule has 1 saturated heterocycles. The first-order valence-electron chi connectivity index (χ1n) is 4.19. The molecule has 7 N–H and O–H groups in total. The second-order valence-electron chi connectivity index (χ2n) is 3.37. The molecule has 8 nitrogen and oxygen atoms in total. The van der Waals surface area contributed by atoms with E-state index in [9.17, 15) is 15.0 Å². The highest BCUT2D eigenvalue weighted by Gasteiger charge is 2.58. The summed E-state index contributed by atoms with van der Waals surface area (Å²) in [6.07, 6.45) is -6.50. The zero-order valence-electron chi connectivity index (χ0n) is 7.65. The van der Waals surface area contributed by atoms with E-state index in [2.05, 4.69) is 4.74 Å². The van der Waals surface area contributed by atoms with Gasteiger partial charge in [-0.15, -0.1) is 0 Å². The van der Waals surface area contributed by atoms with Crippen LogP contribution >= 0.6 is 0 Å². The van der Waals surface area contributed by atoms with Crippen molar-refractivity contribution in [3.8, 4) is 0 Å². The molecule has 0 bridgehead atoms. The Morgan fingerprint density at radius 2 is 2.07 bits per heavy atom. The van der Waals surface area contributed by atoms with Gasteiger partial charge >= 0.3 is 5.97 Å². The molecule has 15 heavy (non-hydrogen) atoms. The molecule has 0 aromatic carbocycles. The van der Waals surface area contributed by atoms with Crippen LogP contribution in [-0.4, -0.2) is 68.2 Å². The van der Waals surface area contributed by atoms with E-state index in [1.54, 1.807) is 0 Å². The van der Waals surface area contributed by atoms with Gasteiger partial charge in [-0.2, -0.15) is 0 Å². The lowest BCUT2D eigenvalue weighted by Gasteiger charge is -2.22. The van der Waals surface area contributed by atoms with Crippen molar-refractivity contribution in [2.45, 2.75) is 30.1 Å². The van der Waals surface area contributed by atoms with Gasteiger partial charge in [0.2, 0.25) is 5.72 Å². The number of ether oxygens (including phenoxy) is 1. The van der Waals surface area contributed by atoms with Gasteiger partial charge in [-0.25, -0.2) is 4.79 Å². The standard InChI is InChI=1S/C7H13NO7/c8-7(6(13)14)5(12)3(11)4(15-7)2(10)1-9/h2-5,9-12H,1,8H2,(H,13,14)/t2-,3+,4+,5-,7+/m0/s1. The smallest absolute Gasteiger partial charge is 0.354 e. The summed E-state index contributed by atoms with van der Waals surface area (Å²) in [6.45, 7) is -0.746. The first-order chi connectivity index (χ1) is 6.84. The number of aliphatic hydroxyl groups is 4. The van der Waals surface area contributed by atoms with E-state index in [1.807, 2.05) is 0 Å². The minimum atomic E-state index is -2.47. The quantitative estimate of drug-likeness (QED) is 0.285. The normalized spacial score (nSPS) is 42.9. The molecule has 1 rings (SSSR count). The number of carboxylic acids is 1. The highest BCUT2D eigenvalue weighted by atomic mass is 16.6. The minimum absolute atomic E-state index is 0.746. The van der Waals surface area contributed by atoms with Gasteiger partial charge in [0.25, 0.3) is 0 Å². The predicted octanol–water partition coefficient (Wildman–Crippen LogP) is -3.80. The Labute approximate surface area is 84.5 Å². The van der Waals surface area contributed by atoms with Gasteiger partial charge in [0, 0.05) is 0 Å². The molecule has 8 heteroatoms. The number of hydrogen-bond acceptors (Lipinski definition) is 7. The maximum Gasteiger partial charge on any atom is 0.354 e. The van der Waals surface area contributed by atoms with E-state index < -0.39 is 42.7 Å². The third-order valence-electron chi connectivity index (χ3n) is 2.33. The molecular formula is C7H13NO7. The fourth-order valence-corrected chi connectivity index (χ4v) is 1.38. The van der Waals surface area contributed by atoms with Gasteiger partial charge in [0.1, 0.15) is 24.4 Å². The van der Waals surface area contributed by atoms with Crippen LogP contribution in [0.2, 0.25) is 0 Å². The van der Waals surface area contributed by atoms with Crippen LogP contribution in [0.25, 0.3) is 0 Å². The van der Waals surface area contributed by atoms with E-state index in [0.717, 1.165) is 0 Å². The summed E-state index contributed by atoms with van der Waals surface area (Å²) in [5, 5.41) is 45.1. The molecule has 1 heterocycles. The van der Waals surface area contributed by atoms with Gasteiger partial charge in [0.15, 0.2) is 0 Å². The van der Waals surface area contributed by atoms with Crippen LogP contribution < -0.4 is 5.73 Å². The van der Waals surface area contributed by atoms with Gasteiger partial charge in [-0.3, -0.25) is 5.73 Å². The zero-order chi connectivity index (χ0) is 11.8. The number of aliphatic carboxylic acids is 1. The predicted molar refractivity (Wildman–Crippen MR) is 44.5 cm³/mol. The summed E-state index contributed by atoms with van der Waals surface area (Å²) in [7, 11) is 0. The van der Waals surface area contributed by atoms with Gasteiger partial charge < -0.3 is 30.3 Å². The van der Waals surface area contributed by atoms with Crippen LogP contribution in [0.1, 0.15) is 0 Å². The van der Waals surface area contributed by atoms with Crippen molar-refractivity contribution in [1.82, 2.24) is 0 Å². The molecule has 1 aliphatic rings. The van der Waals surface area contributed by atoms with Gasteiger partial charge in [-0.05, 0) is 0 Å². The van der Waals surface area contributed by atoms with Gasteiger partial charge in [0.05, 0.1) is 6.61 Å². The largest absolute Gasteiger partial charge is 0.478 e. The minimum Gasteiger partial charge on any atom is -0.478 e. The van der Waals surface area contributed by atoms with E-state index in [1.165, 1.54) is 0 Å². The molecule has 0 radical (unpaired) electrons. The fraction of sp³-hybridized carbons (Fsp3) is 0.857. The number of carbonyl (C=O) groups is 1. The highest BCUT2D eigenvalue weighted by Crippen LogP contribution is 2.29. The summed E-state index contributed by atoms with van der Waals surface area (Å²) >= 11 is 0. The fourth-order valence-electron chi connectivity index (χ4n) is 1.38. The van der Waals surface area contributed by atoms with E-state index in [-0.39, 0.29) is 0 Å². The lowest BCUT2D eigenvalue weighted by atomic mass is 10.0. The van der Waals surface area contributed by atoms with E-state index in [4.69, 9.17) is 21.1 Å². The van der Waals surface area contributed by atoms with Crippen LogP contribution in [0.15, 0.2) is 0 Å². The Kier molecular flexibility index (Phi) is 3.28. The first kappa shape index (κ1) is 12.3. The number of nitrogens with two attached hydrogens (primary N) is 1. The summed E-state index contributed by atoms with van der Waals surface area (Å²) in [4.78, 5) is 10.7. The number of aliphatic hydroxyl groups excluding tert-OH is 4. The molecule has 5 atom stereocenters. The molecule has 88 valence electrons. The Bertz CT molecular complexity index is 260. The molecule has 0 aromatic rings. The highest BCUT2D eigenvalue weighted by molar-refractivity contribution is 5.78. The Hall–Kier alpha value is -0.770. The second kappa shape index (κ2) is 4.00. The van der Waals surface area contributed by atoms with Crippen LogP contribution in [0.5, 0.6) is 0 Å². The molecule has 0 saturated carbocycles. The molecular weight excluding hydrogens is 210 g/mol. The van der Waals surface area contributed by atoms with Crippen molar-refractivity contribution in [3.05, 3.63) is 0 Å². The van der Waals surface area contributed by atoms with E-state index in [0.29, 0.717) is 0 Å². The molecule has 0 unspecified atom stereocenters. The summed E-state index contributed by atoms with van der Waals surface area (Å²) in [6, 6.07) is 0. The number of hydrogen-bond donors (Lipinski definition) is 6. The number of rotatable bonds is 3. The monoisotopic (exact) mass is 223 g/mol. The average molecular weight is 223 g/mol. The summed E-state index contributed by atoms with van der Waals surface area (Å²) < 4.78 is 4.66. The van der Waals surface area contributed by atoms with Crippen molar-refractivity contribution >= 4 is 5.97 Å².